The van der Waals surface area contributed by atoms with Gasteiger partial charge in [-0.2, -0.15) is 0 Å². The highest BCUT2D eigenvalue weighted by Gasteiger charge is 2.17. The minimum absolute atomic E-state index is 0.216. The van der Waals surface area contributed by atoms with E-state index in [2.05, 4.69) is 4.98 Å². The van der Waals surface area contributed by atoms with Gasteiger partial charge >= 0.3 is 0 Å². The summed E-state index contributed by atoms with van der Waals surface area (Å²) >= 11 is 0. The number of ketones is 1. The van der Waals surface area contributed by atoms with Crippen LogP contribution in [0.25, 0.3) is 5.82 Å². The Bertz CT molecular complexity index is 660. The molecule has 0 aliphatic carbocycles. The summed E-state index contributed by atoms with van der Waals surface area (Å²) in [6.45, 7) is 2.91. The number of hydrogen-bond acceptors (Lipinski definition) is 4. The van der Waals surface area contributed by atoms with E-state index in [0.717, 1.165) is 0 Å². The molecule has 0 aliphatic heterocycles. The zero-order valence-corrected chi connectivity index (χ0v) is 10.0. The summed E-state index contributed by atoms with van der Waals surface area (Å²) < 4.78 is 1.30. The third kappa shape index (κ3) is 1.90. The number of carbonyl (C=O) groups is 1. The molecule has 0 amide bonds. The third-order valence-corrected chi connectivity index (χ3v) is 2.60. The van der Waals surface area contributed by atoms with E-state index in [1.54, 1.807) is 31.3 Å². The molecule has 0 aliphatic rings. The van der Waals surface area contributed by atoms with Crippen LogP contribution in [0.1, 0.15) is 23.0 Å². The van der Waals surface area contributed by atoms with Crippen molar-refractivity contribution in [1.29, 1.82) is 0 Å². The molecule has 0 saturated heterocycles. The topological polar surface area (TPSA) is 72.2 Å². The predicted octanol–water partition coefficient (Wildman–Crippen LogP) is 1.45. The lowest BCUT2D eigenvalue weighted by Crippen LogP contribution is -2.26. The second-order valence-corrected chi connectivity index (χ2v) is 3.93. The van der Waals surface area contributed by atoms with Gasteiger partial charge in [0.05, 0.1) is 0 Å². The van der Waals surface area contributed by atoms with Crippen LogP contribution in [-0.2, 0) is 0 Å². The van der Waals surface area contributed by atoms with E-state index >= 15 is 0 Å². The van der Waals surface area contributed by atoms with Crippen LogP contribution < -0.4 is 5.56 Å². The molecular weight excluding hydrogens is 232 g/mol. The number of pyridine rings is 2. The van der Waals surface area contributed by atoms with E-state index in [0.29, 0.717) is 11.5 Å². The maximum Gasteiger partial charge on any atom is 0.271 e. The van der Waals surface area contributed by atoms with Crippen LogP contribution in [0.15, 0.2) is 35.3 Å². The number of aromatic nitrogens is 2. The van der Waals surface area contributed by atoms with Gasteiger partial charge < -0.3 is 5.11 Å². The summed E-state index contributed by atoms with van der Waals surface area (Å²) in [6.07, 6.45) is 1.56. The van der Waals surface area contributed by atoms with Crippen molar-refractivity contribution in [3.8, 4) is 11.6 Å². The van der Waals surface area contributed by atoms with Gasteiger partial charge in [-0.15, -0.1) is 0 Å². The highest BCUT2D eigenvalue weighted by Crippen LogP contribution is 2.17. The summed E-state index contributed by atoms with van der Waals surface area (Å²) in [5, 5.41) is 9.66. The number of rotatable bonds is 2. The van der Waals surface area contributed by atoms with Gasteiger partial charge in [0.2, 0.25) is 0 Å². The summed E-state index contributed by atoms with van der Waals surface area (Å²) in [5.74, 6) is -0.345. The first-order valence-corrected chi connectivity index (χ1v) is 5.40. The normalized spacial score (nSPS) is 10.3. The molecule has 1 N–H and O–H groups in total. The smallest absolute Gasteiger partial charge is 0.271 e. The quantitative estimate of drug-likeness (QED) is 0.811. The van der Waals surface area contributed by atoms with Crippen LogP contribution in [0.5, 0.6) is 5.75 Å². The van der Waals surface area contributed by atoms with Crippen molar-refractivity contribution in [2.75, 3.05) is 0 Å². The zero-order valence-electron chi connectivity index (χ0n) is 10.0. The first-order chi connectivity index (χ1) is 8.52. The minimum atomic E-state index is -0.557. The molecule has 0 saturated carbocycles. The molecule has 5 heteroatoms. The van der Waals surface area contributed by atoms with Gasteiger partial charge in [0.25, 0.3) is 5.56 Å². The SMILES string of the molecule is CC(=O)c1c(O)cc(C)n(-c2ccccn2)c1=O. The van der Waals surface area contributed by atoms with E-state index in [9.17, 15) is 14.7 Å². The van der Waals surface area contributed by atoms with Crippen LogP contribution in [0.4, 0.5) is 0 Å². The lowest BCUT2D eigenvalue weighted by atomic mass is 10.1. The van der Waals surface area contributed by atoms with Gasteiger partial charge in [0.1, 0.15) is 17.1 Å². The van der Waals surface area contributed by atoms with Gasteiger partial charge in [-0.3, -0.25) is 14.2 Å². The number of aryl methyl sites for hydroxylation is 1. The Kier molecular flexibility index (Phi) is 2.97. The Morgan fingerprint density at radius 3 is 2.67 bits per heavy atom. The molecule has 0 spiro atoms. The van der Waals surface area contributed by atoms with E-state index in [4.69, 9.17) is 0 Å². The largest absolute Gasteiger partial charge is 0.507 e. The second kappa shape index (κ2) is 4.44. The van der Waals surface area contributed by atoms with E-state index in [1.807, 2.05) is 0 Å². The fraction of sp³-hybridized carbons (Fsp3) is 0.154. The molecule has 5 nitrogen and oxygen atoms in total. The number of Topliss-reactive ketones (excluding diaryl/α,β-unsaturated/α-hetero) is 1. The van der Waals surface area contributed by atoms with E-state index < -0.39 is 11.3 Å². The maximum absolute atomic E-state index is 12.2. The summed E-state index contributed by atoms with van der Waals surface area (Å²) in [4.78, 5) is 27.7. The highest BCUT2D eigenvalue weighted by molar-refractivity contribution is 5.96. The van der Waals surface area contributed by atoms with Crippen LogP contribution in [0, 0.1) is 6.92 Å². The average molecular weight is 244 g/mol. The minimum Gasteiger partial charge on any atom is -0.507 e. The standard InChI is InChI=1S/C13H12N2O3/c1-8-7-10(17)12(9(2)16)13(18)15(8)11-5-3-4-6-14-11/h3-7,17H,1-2H3. The van der Waals surface area contributed by atoms with Crippen molar-refractivity contribution in [1.82, 2.24) is 9.55 Å². The number of carbonyl (C=O) groups excluding carboxylic acids is 1. The fourth-order valence-corrected chi connectivity index (χ4v) is 1.82. The van der Waals surface area contributed by atoms with Crippen LogP contribution >= 0.6 is 0 Å². The monoisotopic (exact) mass is 244 g/mol. The summed E-state index contributed by atoms with van der Waals surface area (Å²) in [5.41, 5.74) is -0.258. The van der Waals surface area contributed by atoms with Crippen LogP contribution in [-0.4, -0.2) is 20.4 Å². The van der Waals surface area contributed by atoms with Gasteiger partial charge in [-0.05, 0) is 26.0 Å². The van der Waals surface area contributed by atoms with Crippen molar-refractivity contribution in [3.63, 3.8) is 0 Å². The highest BCUT2D eigenvalue weighted by atomic mass is 16.3. The van der Waals surface area contributed by atoms with Crippen molar-refractivity contribution in [3.05, 3.63) is 52.1 Å². The molecule has 2 rings (SSSR count). The van der Waals surface area contributed by atoms with E-state index in [-0.39, 0.29) is 11.3 Å². The number of hydrogen-bond donors (Lipinski definition) is 1. The number of nitrogens with zero attached hydrogens (tertiary/aromatic N) is 2. The molecule has 0 atom stereocenters. The lowest BCUT2D eigenvalue weighted by Gasteiger charge is -2.11. The molecule has 2 heterocycles. The van der Waals surface area contributed by atoms with Gasteiger partial charge in [-0.1, -0.05) is 6.07 Å². The molecule has 2 aromatic heterocycles. The lowest BCUT2D eigenvalue weighted by molar-refractivity contribution is 0.101. The van der Waals surface area contributed by atoms with Crippen molar-refractivity contribution >= 4 is 5.78 Å². The summed E-state index contributed by atoms with van der Waals surface area (Å²) in [7, 11) is 0. The zero-order chi connectivity index (χ0) is 13.3. The van der Waals surface area contributed by atoms with Crippen LogP contribution in [0.3, 0.4) is 0 Å². The second-order valence-electron chi connectivity index (χ2n) is 3.93. The van der Waals surface area contributed by atoms with Crippen molar-refractivity contribution in [2.24, 2.45) is 0 Å². The summed E-state index contributed by atoms with van der Waals surface area (Å²) in [6, 6.07) is 6.52. The molecular formula is C13H12N2O3. The molecule has 0 aromatic carbocycles. The average Bonchev–Trinajstić information content (AvgIpc) is 2.28. The van der Waals surface area contributed by atoms with Crippen LogP contribution in [0.2, 0.25) is 0 Å². The first kappa shape index (κ1) is 12.0. The van der Waals surface area contributed by atoms with Gasteiger partial charge in [0.15, 0.2) is 5.78 Å². The Morgan fingerprint density at radius 1 is 1.39 bits per heavy atom. The molecule has 0 unspecified atom stereocenters. The predicted molar refractivity (Wildman–Crippen MR) is 66.2 cm³/mol. The maximum atomic E-state index is 12.2. The number of aromatic hydroxyl groups is 1. The molecule has 0 fully saturated rings. The Balaban J connectivity index is 2.81. The third-order valence-electron chi connectivity index (χ3n) is 2.60. The Labute approximate surface area is 103 Å². The Morgan fingerprint density at radius 2 is 2.11 bits per heavy atom. The van der Waals surface area contributed by atoms with Crippen molar-refractivity contribution < 1.29 is 9.90 Å². The Hall–Kier alpha value is -2.43. The molecule has 0 radical (unpaired) electrons. The van der Waals surface area contributed by atoms with Gasteiger partial charge in [-0.25, -0.2) is 4.98 Å². The van der Waals surface area contributed by atoms with Gasteiger partial charge in [0, 0.05) is 18.0 Å². The molecule has 92 valence electrons. The molecule has 2 aromatic rings. The molecule has 0 bridgehead atoms. The first-order valence-electron chi connectivity index (χ1n) is 5.40. The fourth-order valence-electron chi connectivity index (χ4n) is 1.82. The van der Waals surface area contributed by atoms with Crippen molar-refractivity contribution in [2.45, 2.75) is 13.8 Å². The molecule has 18 heavy (non-hydrogen) atoms. The van der Waals surface area contributed by atoms with E-state index in [1.165, 1.54) is 17.6 Å².